The lowest BCUT2D eigenvalue weighted by Gasteiger charge is -2.26. The van der Waals surface area contributed by atoms with Gasteiger partial charge in [-0.15, -0.1) is 0 Å². The molecule has 2 atom stereocenters. The third-order valence-electron chi connectivity index (χ3n) is 4.23. The Bertz CT molecular complexity index is 636. The number of carbonyl (C=O) groups excluding carboxylic acids is 1. The van der Waals surface area contributed by atoms with Gasteiger partial charge in [-0.25, -0.2) is 8.42 Å². The van der Waals surface area contributed by atoms with Gasteiger partial charge in [0, 0.05) is 12.5 Å². The topological polar surface area (TPSA) is 75.3 Å². The molecule has 0 radical (unpaired) electrons. The molecule has 2 unspecified atom stereocenters. The summed E-state index contributed by atoms with van der Waals surface area (Å²) in [5, 5.41) is 6.30. The summed E-state index contributed by atoms with van der Waals surface area (Å²) in [5.41, 5.74) is 0.719. The van der Waals surface area contributed by atoms with Crippen LogP contribution in [-0.2, 0) is 14.6 Å². The first-order valence-electron chi connectivity index (χ1n) is 7.41. The van der Waals surface area contributed by atoms with Crippen LogP contribution in [0.4, 0.5) is 0 Å². The molecule has 3 rings (SSSR count). The number of amides is 1. The lowest BCUT2D eigenvalue weighted by molar-refractivity contribution is -0.122. The summed E-state index contributed by atoms with van der Waals surface area (Å²) >= 11 is 0. The Balaban J connectivity index is 1.73. The van der Waals surface area contributed by atoms with Crippen LogP contribution in [0.15, 0.2) is 29.2 Å². The molecule has 0 aromatic heterocycles. The van der Waals surface area contributed by atoms with Gasteiger partial charge in [0.2, 0.25) is 5.91 Å². The molecule has 0 saturated carbocycles. The molecule has 1 aromatic carbocycles. The van der Waals surface area contributed by atoms with Gasteiger partial charge in [-0.1, -0.05) is 18.2 Å². The molecule has 5 nitrogen and oxygen atoms in total. The molecule has 2 heterocycles. The molecule has 2 aliphatic heterocycles. The van der Waals surface area contributed by atoms with Crippen LogP contribution in [0.25, 0.3) is 0 Å². The summed E-state index contributed by atoms with van der Waals surface area (Å²) in [6.07, 6.45) is 3.06. The van der Waals surface area contributed by atoms with E-state index in [2.05, 4.69) is 10.6 Å². The second kappa shape index (κ2) is 5.77. The molecular weight excluding hydrogens is 288 g/mol. The summed E-state index contributed by atoms with van der Waals surface area (Å²) in [7, 11) is -3.20. The average molecular weight is 308 g/mol. The Hall–Kier alpha value is -1.40. The minimum absolute atomic E-state index is 0.00602. The second-order valence-electron chi connectivity index (χ2n) is 5.76. The molecule has 1 fully saturated rings. The zero-order valence-corrected chi connectivity index (χ0v) is 12.7. The van der Waals surface area contributed by atoms with Gasteiger partial charge in [0.15, 0.2) is 9.84 Å². The number of benzene rings is 1. The monoisotopic (exact) mass is 308 g/mol. The van der Waals surface area contributed by atoms with Crippen LogP contribution >= 0.6 is 0 Å². The number of carbonyl (C=O) groups is 1. The smallest absolute Gasteiger partial charge is 0.222 e. The molecule has 114 valence electrons. The van der Waals surface area contributed by atoms with Gasteiger partial charge in [-0.05, 0) is 37.4 Å². The number of fused-ring (bicyclic) bond motifs is 1. The van der Waals surface area contributed by atoms with Crippen molar-refractivity contribution in [2.24, 2.45) is 0 Å². The highest BCUT2D eigenvalue weighted by molar-refractivity contribution is 7.91. The highest BCUT2D eigenvalue weighted by atomic mass is 32.2. The normalized spacial score (nSPS) is 27.0. The number of sulfone groups is 1. The maximum atomic E-state index is 12.1. The first kappa shape index (κ1) is 14.5. The van der Waals surface area contributed by atoms with Crippen molar-refractivity contribution in [1.29, 1.82) is 0 Å². The van der Waals surface area contributed by atoms with E-state index >= 15 is 0 Å². The lowest BCUT2D eigenvalue weighted by atomic mass is 10.0. The van der Waals surface area contributed by atoms with E-state index in [1.165, 1.54) is 0 Å². The van der Waals surface area contributed by atoms with E-state index < -0.39 is 9.84 Å². The quantitative estimate of drug-likeness (QED) is 0.879. The summed E-state index contributed by atoms with van der Waals surface area (Å²) in [4.78, 5) is 12.5. The van der Waals surface area contributed by atoms with Crippen molar-refractivity contribution in [2.45, 2.75) is 42.7 Å². The molecule has 0 spiro atoms. The molecule has 1 amide bonds. The predicted molar refractivity (Wildman–Crippen MR) is 79.6 cm³/mol. The third-order valence-corrected chi connectivity index (χ3v) is 6.05. The van der Waals surface area contributed by atoms with Crippen LogP contribution in [0.3, 0.4) is 0 Å². The van der Waals surface area contributed by atoms with Crippen molar-refractivity contribution >= 4 is 15.7 Å². The number of nitrogens with one attached hydrogen (secondary N) is 2. The van der Waals surface area contributed by atoms with E-state index in [4.69, 9.17) is 0 Å². The van der Waals surface area contributed by atoms with Crippen LogP contribution in [-0.4, -0.2) is 32.7 Å². The van der Waals surface area contributed by atoms with Crippen LogP contribution in [0.2, 0.25) is 0 Å². The van der Waals surface area contributed by atoms with Gasteiger partial charge >= 0.3 is 0 Å². The van der Waals surface area contributed by atoms with Gasteiger partial charge in [0.1, 0.15) is 0 Å². The van der Waals surface area contributed by atoms with E-state index in [1.807, 2.05) is 6.07 Å². The Morgan fingerprint density at radius 1 is 1.29 bits per heavy atom. The molecule has 0 aliphatic carbocycles. The summed E-state index contributed by atoms with van der Waals surface area (Å²) in [6, 6.07) is 7.03. The molecule has 1 aromatic rings. The molecular formula is C15H20N2O3S. The van der Waals surface area contributed by atoms with Gasteiger partial charge in [0.05, 0.1) is 16.7 Å². The van der Waals surface area contributed by atoms with Crippen molar-refractivity contribution in [3.05, 3.63) is 29.8 Å². The second-order valence-corrected chi connectivity index (χ2v) is 7.84. The van der Waals surface area contributed by atoms with Crippen molar-refractivity contribution in [3.8, 4) is 0 Å². The van der Waals surface area contributed by atoms with Gasteiger partial charge in [-0.2, -0.15) is 0 Å². The molecule has 2 aliphatic rings. The minimum atomic E-state index is -3.20. The molecule has 6 heteroatoms. The van der Waals surface area contributed by atoms with Gasteiger partial charge in [-0.3, -0.25) is 4.79 Å². The van der Waals surface area contributed by atoms with Gasteiger partial charge in [0.25, 0.3) is 0 Å². The first-order chi connectivity index (χ1) is 10.1. The van der Waals surface area contributed by atoms with Crippen molar-refractivity contribution in [1.82, 2.24) is 10.6 Å². The Kier molecular flexibility index (Phi) is 3.99. The van der Waals surface area contributed by atoms with Crippen LogP contribution in [0, 0.1) is 0 Å². The Morgan fingerprint density at radius 2 is 2.10 bits per heavy atom. The molecule has 1 saturated heterocycles. The van der Waals surface area contributed by atoms with E-state index in [-0.39, 0.29) is 23.7 Å². The average Bonchev–Trinajstić information content (AvgIpc) is 2.95. The van der Waals surface area contributed by atoms with E-state index in [9.17, 15) is 13.2 Å². The Labute approximate surface area is 125 Å². The predicted octanol–water partition coefficient (Wildman–Crippen LogP) is 1.16. The lowest BCUT2D eigenvalue weighted by Crippen LogP contribution is -2.37. The fourth-order valence-corrected chi connectivity index (χ4v) is 4.77. The maximum Gasteiger partial charge on any atom is 0.222 e. The highest BCUT2D eigenvalue weighted by Crippen LogP contribution is 2.31. The molecule has 0 bridgehead atoms. The molecule has 2 N–H and O–H groups in total. The minimum Gasteiger partial charge on any atom is -0.349 e. The van der Waals surface area contributed by atoms with Gasteiger partial charge < -0.3 is 10.6 Å². The number of hydrogen-bond acceptors (Lipinski definition) is 4. The van der Waals surface area contributed by atoms with Crippen molar-refractivity contribution < 1.29 is 13.2 Å². The summed E-state index contributed by atoms with van der Waals surface area (Å²) < 4.78 is 24.1. The van der Waals surface area contributed by atoms with E-state index in [0.717, 1.165) is 24.9 Å². The van der Waals surface area contributed by atoms with Crippen LogP contribution in [0.5, 0.6) is 0 Å². The summed E-state index contributed by atoms with van der Waals surface area (Å²) in [6.45, 7) is 0.975. The van der Waals surface area contributed by atoms with Crippen LogP contribution < -0.4 is 10.6 Å². The first-order valence-corrected chi connectivity index (χ1v) is 9.06. The van der Waals surface area contributed by atoms with E-state index in [1.54, 1.807) is 18.2 Å². The number of hydrogen-bond donors (Lipinski definition) is 2. The zero-order chi connectivity index (χ0) is 14.9. The fraction of sp³-hybridized carbons (Fsp3) is 0.533. The SMILES string of the molecule is O=C(CC1CCCN1)NC1CCS(=O)(=O)c2ccccc21. The molecule has 21 heavy (non-hydrogen) atoms. The van der Waals surface area contributed by atoms with Crippen molar-refractivity contribution in [2.75, 3.05) is 12.3 Å². The van der Waals surface area contributed by atoms with Crippen LogP contribution in [0.1, 0.15) is 37.3 Å². The standard InChI is InChI=1S/C15H20N2O3S/c18-15(10-11-4-3-8-16-11)17-13-7-9-21(19,20)14-6-2-1-5-12(13)14/h1-2,5-6,11,13,16H,3-4,7-10H2,(H,17,18). The summed E-state index contributed by atoms with van der Waals surface area (Å²) in [5.74, 6) is 0.0879. The zero-order valence-electron chi connectivity index (χ0n) is 11.8. The largest absolute Gasteiger partial charge is 0.349 e. The van der Waals surface area contributed by atoms with Crippen molar-refractivity contribution in [3.63, 3.8) is 0 Å². The number of rotatable bonds is 3. The van der Waals surface area contributed by atoms with E-state index in [0.29, 0.717) is 17.7 Å². The highest BCUT2D eigenvalue weighted by Gasteiger charge is 2.31. The maximum absolute atomic E-state index is 12.1. The third kappa shape index (κ3) is 3.11. The Morgan fingerprint density at radius 3 is 2.86 bits per heavy atom. The fourth-order valence-electron chi connectivity index (χ4n) is 3.15.